The van der Waals surface area contributed by atoms with Crippen LogP contribution in [0.15, 0.2) is 30.0 Å². The summed E-state index contributed by atoms with van der Waals surface area (Å²) in [5, 5.41) is 2.55. The van der Waals surface area contributed by atoms with Gasteiger partial charge < -0.3 is 10.1 Å². The summed E-state index contributed by atoms with van der Waals surface area (Å²) >= 11 is 0. The van der Waals surface area contributed by atoms with Gasteiger partial charge in [-0.05, 0) is 19.1 Å². The van der Waals surface area contributed by atoms with Gasteiger partial charge in [0, 0.05) is 12.1 Å². The first kappa shape index (κ1) is 12.2. The highest BCUT2D eigenvalue weighted by atomic mass is 16.5. The summed E-state index contributed by atoms with van der Waals surface area (Å²) in [6.07, 6.45) is 1.62. The summed E-state index contributed by atoms with van der Waals surface area (Å²) < 4.78 is 5.19. The standard InChI is InChI=1S/C13H14N2O3/c1-3-15-12(16)10(14-13(15)17)8-9-6-4-5-7-11(9)18-2/h4-8H,3H2,1-2H3,(H,14,17). The second kappa shape index (κ2) is 4.91. The summed E-state index contributed by atoms with van der Waals surface area (Å²) in [5.74, 6) is 0.343. The SMILES string of the molecule is CCN1C(=O)NC(=Cc2ccccc2OC)C1=O. The first-order chi connectivity index (χ1) is 8.67. The van der Waals surface area contributed by atoms with Crippen molar-refractivity contribution in [3.05, 3.63) is 35.5 Å². The normalized spacial score (nSPS) is 17.2. The van der Waals surface area contributed by atoms with E-state index in [4.69, 9.17) is 4.74 Å². The minimum Gasteiger partial charge on any atom is -0.496 e. The zero-order valence-corrected chi connectivity index (χ0v) is 10.3. The van der Waals surface area contributed by atoms with E-state index in [0.29, 0.717) is 12.3 Å². The van der Waals surface area contributed by atoms with Crippen molar-refractivity contribution < 1.29 is 14.3 Å². The van der Waals surface area contributed by atoms with Crippen molar-refractivity contribution in [1.82, 2.24) is 10.2 Å². The minimum absolute atomic E-state index is 0.270. The minimum atomic E-state index is -0.386. The van der Waals surface area contributed by atoms with Crippen LogP contribution >= 0.6 is 0 Å². The van der Waals surface area contributed by atoms with Crippen molar-refractivity contribution in [3.8, 4) is 5.75 Å². The molecule has 1 aliphatic rings. The number of nitrogens with zero attached hydrogens (tertiary/aromatic N) is 1. The van der Waals surface area contributed by atoms with Crippen LogP contribution in [0.5, 0.6) is 5.75 Å². The number of likely N-dealkylation sites (N-methyl/N-ethyl adjacent to an activating group) is 1. The number of para-hydroxylation sites is 1. The predicted octanol–water partition coefficient (Wildman–Crippen LogP) is 1.61. The molecule has 18 heavy (non-hydrogen) atoms. The zero-order chi connectivity index (χ0) is 13.1. The molecule has 1 aliphatic heterocycles. The third kappa shape index (κ3) is 2.07. The number of imide groups is 1. The Labute approximate surface area is 105 Å². The van der Waals surface area contributed by atoms with Gasteiger partial charge in [-0.25, -0.2) is 4.79 Å². The van der Waals surface area contributed by atoms with Crippen LogP contribution in [-0.2, 0) is 4.79 Å². The van der Waals surface area contributed by atoms with E-state index >= 15 is 0 Å². The summed E-state index contributed by atoms with van der Waals surface area (Å²) in [7, 11) is 1.56. The number of carbonyl (C=O) groups excluding carboxylic acids is 2. The molecule has 0 bridgehead atoms. The Bertz CT molecular complexity index is 523. The van der Waals surface area contributed by atoms with E-state index in [-0.39, 0.29) is 17.6 Å². The Hall–Kier alpha value is -2.30. The average molecular weight is 246 g/mol. The van der Waals surface area contributed by atoms with E-state index in [2.05, 4.69) is 5.32 Å². The Morgan fingerprint density at radius 1 is 1.33 bits per heavy atom. The molecule has 0 unspecified atom stereocenters. The van der Waals surface area contributed by atoms with Crippen LogP contribution in [0.2, 0.25) is 0 Å². The lowest BCUT2D eigenvalue weighted by molar-refractivity contribution is -0.122. The van der Waals surface area contributed by atoms with Crippen LogP contribution in [0.1, 0.15) is 12.5 Å². The Balaban J connectivity index is 2.35. The molecule has 5 nitrogen and oxygen atoms in total. The lowest BCUT2D eigenvalue weighted by Gasteiger charge is -2.06. The molecule has 2 rings (SSSR count). The molecule has 1 aromatic rings. The number of benzene rings is 1. The summed E-state index contributed by atoms with van der Waals surface area (Å²) in [6.45, 7) is 2.11. The van der Waals surface area contributed by atoms with Crippen LogP contribution < -0.4 is 10.1 Å². The van der Waals surface area contributed by atoms with Crippen molar-refractivity contribution in [2.75, 3.05) is 13.7 Å². The molecule has 3 amide bonds. The fraction of sp³-hybridized carbons (Fsp3) is 0.231. The Kier molecular flexibility index (Phi) is 3.32. The van der Waals surface area contributed by atoms with Gasteiger partial charge in [-0.3, -0.25) is 9.69 Å². The molecular weight excluding hydrogens is 232 g/mol. The molecule has 1 heterocycles. The topological polar surface area (TPSA) is 58.6 Å². The van der Waals surface area contributed by atoms with Crippen molar-refractivity contribution >= 4 is 18.0 Å². The van der Waals surface area contributed by atoms with Gasteiger partial charge in [-0.2, -0.15) is 0 Å². The van der Waals surface area contributed by atoms with Crippen molar-refractivity contribution in [2.24, 2.45) is 0 Å². The molecule has 1 saturated heterocycles. The van der Waals surface area contributed by atoms with Crippen LogP contribution in [0.25, 0.3) is 6.08 Å². The molecule has 0 aliphatic carbocycles. The van der Waals surface area contributed by atoms with E-state index in [1.807, 2.05) is 18.2 Å². The third-order valence-electron chi connectivity index (χ3n) is 2.72. The second-order valence-corrected chi connectivity index (χ2v) is 3.78. The van der Waals surface area contributed by atoms with Gasteiger partial charge in [0.05, 0.1) is 7.11 Å². The summed E-state index contributed by atoms with van der Waals surface area (Å²) in [5.41, 5.74) is 1.02. The molecule has 1 aromatic carbocycles. The van der Waals surface area contributed by atoms with Crippen LogP contribution in [0.3, 0.4) is 0 Å². The maximum absolute atomic E-state index is 11.9. The van der Waals surface area contributed by atoms with E-state index in [9.17, 15) is 9.59 Å². The van der Waals surface area contributed by atoms with Crippen LogP contribution in [0.4, 0.5) is 4.79 Å². The number of rotatable bonds is 3. The summed E-state index contributed by atoms with van der Waals surface area (Å²) in [6, 6.07) is 6.91. The number of nitrogens with one attached hydrogen (secondary N) is 1. The lowest BCUT2D eigenvalue weighted by Crippen LogP contribution is -2.30. The molecule has 0 atom stereocenters. The number of ether oxygens (including phenoxy) is 1. The first-order valence-electron chi connectivity index (χ1n) is 5.65. The molecule has 0 radical (unpaired) electrons. The first-order valence-corrected chi connectivity index (χ1v) is 5.65. The van der Waals surface area contributed by atoms with Crippen LogP contribution in [0, 0.1) is 0 Å². The van der Waals surface area contributed by atoms with Gasteiger partial charge in [-0.15, -0.1) is 0 Å². The fourth-order valence-corrected chi connectivity index (χ4v) is 1.80. The lowest BCUT2D eigenvalue weighted by atomic mass is 10.1. The molecule has 5 heteroatoms. The number of methoxy groups -OCH3 is 1. The van der Waals surface area contributed by atoms with Gasteiger partial charge in [0.1, 0.15) is 11.4 Å². The van der Waals surface area contributed by atoms with Gasteiger partial charge in [-0.1, -0.05) is 18.2 Å². The monoisotopic (exact) mass is 246 g/mol. The Morgan fingerprint density at radius 2 is 2.06 bits per heavy atom. The number of amides is 3. The average Bonchev–Trinajstić information content (AvgIpc) is 2.65. The highest BCUT2D eigenvalue weighted by molar-refractivity contribution is 6.14. The Morgan fingerprint density at radius 3 is 2.67 bits per heavy atom. The highest BCUT2D eigenvalue weighted by Gasteiger charge is 2.32. The second-order valence-electron chi connectivity index (χ2n) is 3.78. The molecule has 1 N–H and O–H groups in total. The van der Waals surface area contributed by atoms with Gasteiger partial charge in [0.2, 0.25) is 0 Å². The van der Waals surface area contributed by atoms with E-state index in [0.717, 1.165) is 10.5 Å². The van der Waals surface area contributed by atoms with Gasteiger partial charge in [0.15, 0.2) is 0 Å². The molecular formula is C13H14N2O3. The van der Waals surface area contributed by atoms with Gasteiger partial charge in [0.25, 0.3) is 5.91 Å². The van der Waals surface area contributed by atoms with Gasteiger partial charge >= 0.3 is 6.03 Å². The number of hydrogen-bond donors (Lipinski definition) is 1. The van der Waals surface area contributed by atoms with E-state index in [1.165, 1.54) is 0 Å². The molecule has 0 aromatic heterocycles. The zero-order valence-electron chi connectivity index (χ0n) is 10.3. The molecule has 94 valence electrons. The quantitative estimate of drug-likeness (QED) is 0.651. The fourth-order valence-electron chi connectivity index (χ4n) is 1.80. The maximum Gasteiger partial charge on any atom is 0.328 e. The highest BCUT2D eigenvalue weighted by Crippen LogP contribution is 2.21. The van der Waals surface area contributed by atoms with E-state index in [1.54, 1.807) is 26.2 Å². The third-order valence-corrected chi connectivity index (χ3v) is 2.72. The van der Waals surface area contributed by atoms with Crippen molar-refractivity contribution in [1.29, 1.82) is 0 Å². The number of hydrogen-bond acceptors (Lipinski definition) is 3. The molecule has 0 saturated carbocycles. The number of urea groups is 1. The maximum atomic E-state index is 11.9. The smallest absolute Gasteiger partial charge is 0.328 e. The van der Waals surface area contributed by atoms with E-state index < -0.39 is 0 Å². The predicted molar refractivity (Wildman–Crippen MR) is 66.9 cm³/mol. The van der Waals surface area contributed by atoms with Crippen molar-refractivity contribution in [3.63, 3.8) is 0 Å². The largest absolute Gasteiger partial charge is 0.496 e. The molecule has 0 spiro atoms. The van der Waals surface area contributed by atoms with Crippen LogP contribution in [-0.4, -0.2) is 30.5 Å². The number of carbonyl (C=O) groups is 2. The summed E-state index contributed by atoms with van der Waals surface area (Å²) in [4.78, 5) is 24.5. The molecule has 1 fully saturated rings. The van der Waals surface area contributed by atoms with Crippen molar-refractivity contribution in [2.45, 2.75) is 6.92 Å².